The van der Waals surface area contributed by atoms with Gasteiger partial charge in [-0.1, -0.05) is 13.3 Å². The number of anilines is 1. The van der Waals surface area contributed by atoms with E-state index in [0.29, 0.717) is 17.5 Å². The number of aryl methyl sites for hydroxylation is 1. The van der Waals surface area contributed by atoms with E-state index in [4.69, 9.17) is 0 Å². The SMILES string of the molecule is Cc1cc(Br)c(NC2CCCC2C)cc1[N+](=O)[O-]. The van der Waals surface area contributed by atoms with E-state index in [9.17, 15) is 10.1 Å². The van der Waals surface area contributed by atoms with Crippen LogP contribution in [0.3, 0.4) is 0 Å². The van der Waals surface area contributed by atoms with Gasteiger partial charge in [-0.3, -0.25) is 10.1 Å². The number of hydrogen-bond acceptors (Lipinski definition) is 3. The predicted molar refractivity (Wildman–Crippen MR) is 76.0 cm³/mol. The Morgan fingerprint density at radius 1 is 1.44 bits per heavy atom. The second-order valence-corrected chi connectivity index (χ2v) is 5.89. The van der Waals surface area contributed by atoms with Crippen molar-refractivity contribution in [3.05, 3.63) is 32.3 Å². The number of nitrogens with zero attached hydrogens (tertiary/aromatic N) is 1. The van der Waals surface area contributed by atoms with Crippen molar-refractivity contribution in [3.8, 4) is 0 Å². The fourth-order valence-corrected chi connectivity index (χ4v) is 3.10. The minimum Gasteiger partial charge on any atom is -0.381 e. The highest BCUT2D eigenvalue weighted by atomic mass is 79.9. The smallest absolute Gasteiger partial charge is 0.274 e. The minimum absolute atomic E-state index is 0.173. The van der Waals surface area contributed by atoms with E-state index in [2.05, 4.69) is 28.2 Å². The molecule has 1 aliphatic carbocycles. The van der Waals surface area contributed by atoms with Crippen LogP contribution < -0.4 is 5.32 Å². The van der Waals surface area contributed by atoms with E-state index in [1.54, 1.807) is 19.1 Å². The number of halogens is 1. The van der Waals surface area contributed by atoms with Crippen molar-refractivity contribution in [2.24, 2.45) is 5.92 Å². The molecule has 98 valence electrons. The first-order valence-corrected chi connectivity index (χ1v) is 6.99. The first-order valence-electron chi connectivity index (χ1n) is 6.20. The van der Waals surface area contributed by atoms with Crippen molar-refractivity contribution in [2.45, 2.75) is 39.2 Å². The second kappa shape index (κ2) is 5.26. The van der Waals surface area contributed by atoms with E-state index in [1.807, 2.05) is 0 Å². The fraction of sp³-hybridized carbons (Fsp3) is 0.538. The zero-order valence-electron chi connectivity index (χ0n) is 10.6. The molecule has 1 N–H and O–H groups in total. The molecule has 4 nitrogen and oxygen atoms in total. The van der Waals surface area contributed by atoms with Gasteiger partial charge in [0.2, 0.25) is 0 Å². The molecule has 0 saturated heterocycles. The Morgan fingerprint density at radius 3 is 2.72 bits per heavy atom. The molecule has 1 aromatic carbocycles. The van der Waals surface area contributed by atoms with E-state index in [-0.39, 0.29) is 10.6 Å². The van der Waals surface area contributed by atoms with Crippen LogP contribution in [-0.4, -0.2) is 11.0 Å². The Bertz CT molecular complexity index is 476. The van der Waals surface area contributed by atoms with Gasteiger partial charge in [0.05, 0.1) is 10.6 Å². The highest BCUT2D eigenvalue weighted by molar-refractivity contribution is 9.10. The standard InChI is InChI=1S/C13H17BrN2O2/c1-8-4-3-5-11(8)15-12-7-13(16(17)18)9(2)6-10(12)14/h6-8,11,15H,3-5H2,1-2H3. The molecule has 1 saturated carbocycles. The van der Waals surface area contributed by atoms with Gasteiger partial charge in [-0.2, -0.15) is 0 Å². The Balaban J connectivity index is 2.27. The van der Waals surface area contributed by atoms with Crippen LogP contribution >= 0.6 is 15.9 Å². The molecule has 0 aromatic heterocycles. The average Bonchev–Trinajstić information content (AvgIpc) is 2.67. The molecule has 0 amide bonds. The maximum Gasteiger partial charge on any atom is 0.274 e. The third-order valence-electron chi connectivity index (χ3n) is 3.68. The minimum atomic E-state index is -0.328. The lowest BCUT2D eigenvalue weighted by molar-refractivity contribution is -0.385. The number of hydrogen-bond donors (Lipinski definition) is 1. The molecule has 1 aromatic rings. The van der Waals surface area contributed by atoms with Gasteiger partial charge in [-0.25, -0.2) is 0 Å². The number of nitro groups is 1. The molecule has 0 spiro atoms. The van der Waals surface area contributed by atoms with E-state index < -0.39 is 0 Å². The summed E-state index contributed by atoms with van der Waals surface area (Å²) in [7, 11) is 0. The largest absolute Gasteiger partial charge is 0.381 e. The van der Waals surface area contributed by atoms with Crippen LogP contribution in [0.4, 0.5) is 11.4 Å². The predicted octanol–water partition coefficient (Wildman–Crippen LogP) is 4.27. The Labute approximate surface area is 115 Å². The molecule has 0 bridgehead atoms. The highest BCUT2D eigenvalue weighted by Crippen LogP contribution is 2.34. The van der Waals surface area contributed by atoms with Crippen LogP contribution in [0.25, 0.3) is 0 Å². The number of benzene rings is 1. The lowest BCUT2D eigenvalue weighted by Gasteiger charge is -2.19. The molecule has 18 heavy (non-hydrogen) atoms. The molecule has 0 aliphatic heterocycles. The quantitative estimate of drug-likeness (QED) is 0.670. The third kappa shape index (κ3) is 2.66. The summed E-state index contributed by atoms with van der Waals surface area (Å²) in [5, 5.41) is 14.4. The number of rotatable bonds is 3. The molecular weight excluding hydrogens is 296 g/mol. The summed E-state index contributed by atoms with van der Waals surface area (Å²) in [4.78, 5) is 10.6. The molecular formula is C13H17BrN2O2. The van der Waals surface area contributed by atoms with Crippen molar-refractivity contribution < 1.29 is 4.92 Å². The van der Waals surface area contributed by atoms with Crippen molar-refractivity contribution in [2.75, 3.05) is 5.32 Å². The average molecular weight is 313 g/mol. The molecule has 1 fully saturated rings. The molecule has 2 atom stereocenters. The Kier molecular flexibility index (Phi) is 3.90. The molecule has 5 heteroatoms. The van der Waals surface area contributed by atoms with Crippen LogP contribution in [0.2, 0.25) is 0 Å². The van der Waals surface area contributed by atoms with Crippen LogP contribution in [0.1, 0.15) is 31.7 Å². The van der Waals surface area contributed by atoms with Gasteiger partial charge < -0.3 is 5.32 Å². The topological polar surface area (TPSA) is 55.2 Å². The number of nitrogens with one attached hydrogen (secondary N) is 1. The summed E-state index contributed by atoms with van der Waals surface area (Å²) in [6.07, 6.45) is 3.59. The number of nitro benzene ring substituents is 1. The monoisotopic (exact) mass is 312 g/mol. The van der Waals surface area contributed by atoms with E-state index >= 15 is 0 Å². The van der Waals surface area contributed by atoms with Crippen LogP contribution in [-0.2, 0) is 0 Å². The first kappa shape index (κ1) is 13.3. The third-order valence-corrected chi connectivity index (χ3v) is 4.34. The Hall–Kier alpha value is -1.10. The summed E-state index contributed by atoms with van der Waals surface area (Å²) < 4.78 is 0.893. The Morgan fingerprint density at radius 2 is 2.17 bits per heavy atom. The van der Waals surface area contributed by atoms with Gasteiger partial charge in [-0.15, -0.1) is 0 Å². The highest BCUT2D eigenvalue weighted by Gasteiger charge is 2.24. The fourth-order valence-electron chi connectivity index (χ4n) is 2.53. The normalized spacial score (nSPS) is 23.1. The molecule has 1 aliphatic rings. The summed E-state index contributed by atoms with van der Waals surface area (Å²) in [5.41, 5.74) is 1.68. The zero-order valence-corrected chi connectivity index (χ0v) is 12.2. The van der Waals surface area contributed by atoms with Gasteiger partial charge in [0.25, 0.3) is 5.69 Å². The summed E-state index contributed by atoms with van der Waals surface area (Å²) in [6.45, 7) is 3.98. The van der Waals surface area contributed by atoms with Gasteiger partial charge in [0, 0.05) is 22.1 Å². The second-order valence-electron chi connectivity index (χ2n) is 5.03. The first-order chi connectivity index (χ1) is 8.49. The molecule has 2 rings (SSSR count). The van der Waals surface area contributed by atoms with Crippen LogP contribution in [0.5, 0.6) is 0 Å². The molecule has 0 radical (unpaired) electrons. The lowest BCUT2D eigenvalue weighted by Crippen LogP contribution is -2.22. The maximum absolute atomic E-state index is 10.9. The van der Waals surface area contributed by atoms with Gasteiger partial charge in [0.1, 0.15) is 0 Å². The van der Waals surface area contributed by atoms with Gasteiger partial charge in [-0.05, 0) is 47.7 Å². The van der Waals surface area contributed by atoms with Crippen molar-refractivity contribution in [1.82, 2.24) is 0 Å². The summed E-state index contributed by atoms with van der Waals surface area (Å²) in [6, 6.07) is 3.86. The van der Waals surface area contributed by atoms with Gasteiger partial charge >= 0.3 is 0 Å². The van der Waals surface area contributed by atoms with Crippen LogP contribution in [0.15, 0.2) is 16.6 Å². The van der Waals surface area contributed by atoms with Crippen LogP contribution in [0, 0.1) is 23.0 Å². The maximum atomic E-state index is 10.9. The van der Waals surface area contributed by atoms with Gasteiger partial charge in [0.15, 0.2) is 0 Å². The lowest BCUT2D eigenvalue weighted by atomic mass is 10.1. The summed E-state index contributed by atoms with van der Waals surface area (Å²) in [5.74, 6) is 0.622. The molecule has 0 heterocycles. The van der Waals surface area contributed by atoms with Crippen molar-refractivity contribution in [3.63, 3.8) is 0 Å². The van der Waals surface area contributed by atoms with Crippen molar-refractivity contribution in [1.29, 1.82) is 0 Å². The van der Waals surface area contributed by atoms with E-state index in [1.165, 1.54) is 12.8 Å². The zero-order chi connectivity index (χ0) is 13.3. The molecule has 2 unspecified atom stereocenters. The van der Waals surface area contributed by atoms with Crippen molar-refractivity contribution >= 4 is 27.3 Å². The summed E-state index contributed by atoms with van der Waals surface area (Å²) >= 11 is 3.47. The van der Waals surface area contributed by atoms with E-state index in [0.717, 1.165) is 16.6 Å².